The molecule has 1 N–H and O–H groups in total. The Morgan fingerprint density at radius 1 is 1.20 bits per heavy atom. The summed E-state index contributed by atoms with van der Waals surface area (Å²) in [4.78, 5) is 25.6. The van der Waals surface area contributed by atoms with Crippen molar-refractivity contribution in [3.63, 3.8) is 0 Å². The Morgan fingerprint density at radius 3 is 2.73 bits per heavy atom. The normalized spacial score (nSPS) is 10.8. The first-order valence-corrected chi connectivity index (χ1v) is 9.36. The molecule has 0 aliphatic heterocycles. The number of anilines is 2. The van der Waals surface area contributed by atoms with Crippen LogP contribution in [0, 0.1) is 6.92 Å². The van der Waals surface area contributed by atoms with E-state index in [0.29, 0.717) is 28.9 Å². The largest absolute Gasteiger partial charge is 0.494 e. The van der Waals surface area contributed by atoms with Crippen molar-refractivity contribution >= 4 is 28.6 Å². The second kappa shape index (κ2) is 8.16. The number of pyridine rings is 1. The summed E-state index contributed by atoms with van der Waals surface area (Å²) in [6.45, 7) is 3.97. The van der Waals surface area contributed by atoms with Crippen molar-refractivity contribution in [3.05, 3.63) is 60.0 Å². The number of fused-ring (bicyclic) bond motifs is 1. The summed E-state index contributed by atoms with van der Waals surface area (Å²) < 4.78 is 12.2. The number of carbonyl (C=O) groups is 1. The van der Waals surface area contributed by atoms with Gasteiger partial charge in [-0.05, 0) is 37.6 Å². The Balaban J connectivity index is 1.89. The average Bonchev–Trinajstić information content (AvgIpc) is 3.18. The van der Waals surface area contributed by atoms with Crippen molar-refractivity contribution in [3.8, 4) is 11.6 Å². The first-order valence-electron chi connectivity index (χ1n) is 9.36. The van der Waals surface area contributed by atoms with E-state index in [-0.39, 0.29) is 12.2 Å². The minimum absolute atomic E-state index is 0.246. The fraction of sp³-hybridized carbons (Fsp3) is 0.190. The number of aromatic nitrogens is 5. The van der Waals surface area contributed by atoms with E-state index in [4.69, 9.17) is 14.5 Å². The van der Waals surface area contributed by atoms with Gasteiger partial charge in [0.25, 0.3) is 0 Å². The molecule has 0 spiro atoms. The number of nitrogens with zero attached hydrogens (tertiary/aromatic N) is 5. The van der Waals surface area contributed by atoms with Crippen LogP contribution in [0.4, 0.5) is 11.8 Å². The number of carbonyl (C=O) groups excluding carboxylic acids is 1. The maximum absolute atomic E-state index is 12.5. The molecule has 9 nitrogen and oxygen atoms in total. The van der Waals surface area contributed by atoms with Crippen molar-refractivity contribution in [2.24, 2.45) is 0 Å². The molecule has 0 saturated carbocycles. The minimum Gasteiger partial charge on any atom is -0.494 e. The molecule has 0 unspecified atom stereocenters. The number of aryl methyl sites for hydroxylation is 1. The van der Waals surface area contributed by atoms with Gasteiger partial charge in [0.1, 0.15) is 16.8 Å². The number of hydrogen-bond acceptors (Lipinski definition) is 8. The third kappa shape index (κ3) is 3.52. The van der Waals surface area contributed by atoms with Gasteiger partial charge in [-0.2, -0.15) is 9.78 Å². The van der Waals surface area contributed by atoms with E-state index in [2.05, 4.69) is 20.4 Å². The third-order valence-corrected chi connectivity index (χ3v) is 4.49. The first kappa shape index (κ1) is 19.3. The zero-order valence-corrected chi connectivity index (χ0v) is 16.8. The van der Waals surface area contributed by atoms with Crippen molar-refractivity contribution in [2.75, 3.05) is 19.0 Å². The topological polar surface area (TPSA) is 104 Å². The van der Waals surface area contributed by atoms with E-state index < -0.39 is 5.97 Å². The molecule has 0 radical (unpaired) electrons. The molecule has 0 saturated heterocycles. The van der Waals surface area contributed by atoms with Gasteiger partial charge in [-0.25, -0.2) is 19.7 Å². The van der Waals surface area contributed by atoms with E-state index in [0.717, 1.165) is 10.9 Å². The summed E-state index contributed by atoms with van der Waals surface area (Å²) in [5.74, 6) is 1.34. The summed E-state index contributed by atoms with van der Waals surface area (Å²) in [5, 5.41) is 8.41. The quantitative estimate of drug-likeness (QED) is 0.487. The van der Waals surface area contributed by atoms with E-state index >= 15 is 0 Å². The van der Waals surface area contributed by atoms with Crippen molar-refractivity contribution in [1.29, 1.82) is 0 Å². The van der Waals surface area contributed by atoms with Gasteiger partial charge in [0.15, 0.2) is 11.6 Å². The number of para-hydroxylation sites is 1. The fourth-order valence-electron chi connectivity index (χ4n) is 3.12. The molecule has 0 fully saturated rings. The molecule has 0 aliphatic carbocycles. The van der Waals surface area contributed by atoms with Gasteiger partial charge >= 0.3 is 5.97 Å². The van der Waals surface area contributed by atoms with Crippen LogP contribution in [0.25, 0.3) is 16.7 Å². The first-order chi connectivity index (χ1) is 14.6. The number of rotatable bonds is 6. The molecule has 30 heavy (non-hydrogen) atoms. The van der Waals surface area contributed by atoms with Gasteiger partial charge in [0, 0.05) is 17.8 Å². The second-order valence-electron chi connectivity index (χ2n) is 6.39. The molecule has 3 heterocycles. The lowest BCUT2D eigenvalue weighted by Gasteiger charge is -2.13. The Bertz CT molecular complexity index is 1210. The molecular weight excluding hydrogens is 384 g/mol. The van der Waals surface area contributed by atoms with Gasteiger partial charge < -0.3 is 14.8 Å². The van der Waals surface area contributed by atoms with Crippen LogP contribution >= 0.6 is 0 Å². The van der Waals surface area contributed by atoms with E-state index in [1.807, 2.05) is 31.2 Å². The molecule has 0 aliphatic rings. The lowest BCUT2D eigenvalue weighted by atomic mass is 10.1. The zero-order chi connectivity index (χ0) is 21.1. The van der Waals surface area contributed by atoms with Crippen LogP contribution in [-0.4, -0.2) is 44.4 Å². The van der Waals surface area contributed by atoms with E-state index in [9.17, 15) is 4.79 Å². The number of methoxy groups -OCH3 is 1. The highest BCUT2D eigenvalue weighted by molar-refractivity contribution is 5.95. The number of benzene rings is 1. The fourth-order valence-corrected chi connectivity index (χ4v) is 3.12. The van der Waals surface area contributed by atoms with E-state index in [1.165, 1.54) is 10.9 Å². The highest BCUT2D eigenvalue weighted by Gasteiger charge is 2.22. The maximum Gasteiger partial charge on any atom is 0.343 e. The Labute approximate surface area is 172 Å². The lowest BCUT2D eigenvalue weighted by Crippen LogP contribution is -2.11. The average molecular weight is 404 g/mol. The number of ether oxygens (including phenoxy) is 2. The molecule has 1 aromatic carbocycles. The van der Waals surface area contributed by atoms with Crippen LogP contribution in [-0.2, 0) is 4.74 Å². The molecule has 3 aromatic heterocycles. The van der Waals surface area contributed by atoms with Gasteiger partial charge in [0.05, 0.1) is 19.9 Å². The monoisotopic (exact) mass is 404 g/mol. The van der Waals surface area contributed by atoms with Crippen LogP contribution in [0.2, 0.25) is 0 Å². The van der Waals surface area contributed by atoms with Crippen LogP contribution in [0.15, 0.2) is 48.9 Å². The highest BCUT2D eigenvalue weighted by Crippen LogP contribution is 2.29. The summed E-state index contributed by atoms with van der Waals surface area (Å²) in [5.41, 5.74) is 1.94. The van der Waals surface area contributed by atoms with Crippen LogP contribution in [0.1, 0.15) is 22.8 Å². The predicted octanol–water partition coefficient (Wildman–Crippen LogP) is 3.45. The Hall–Kier alpha value is -4.01. The lowest BCUT2D eigenvalue weighted by molar-refractivity contribution is 0.0527. The number of nitrogens with one attached hydrogen (secondary N) is 1. The highest BCUT2D eigenvalue weighted by atomic mass is 16.5. The Kier molecular flexibility index (Phi) is 5.25. The summed E-state index contributed by atoms with van der Waals surface area (Å²) in [6, 6.07) is 9.34. The van der Waals surface area contributed by atoms with Crippen LogP contribution in [0.3, 0.4) is 0 Å². The summed E-state index contributed by atoms with van der Waals surface area (Å²) in [7, 11) is 1.60. The minimum atomic E-state index is -0.503. The van der Waals surface area contributed by atoms with Crippen molar-refractivity contribution < 1.29 is 14.3 Å². The Morgan fingerprint density at radius 2 is 2.00 bits per heavy atom. The number of hydrogen-bond donors (Lipinski definition) is 1. The second-order valence-corrected chi connectivity index (χ2v) is 6.39. The molecule has 152 valence electrons. The van der Waals surface area contributed by atoms with Gasteiger partial charge in [-0.15, -0.1) is 0 Å². The van der Waals surface area contributed by atoms with Crippen LogP contribution < -0.4 is 10.1 Å². The SMILES string of the molecule is CCOC(=O)c1cnn(-c2cc(C)c3cccc(OC)c3n2)c1Nc1ncccn1. The van der Waals surface area contributed by atoms with Crippen LogP contribution in [0.5, 0.6) is 5.75 Å². The summed E-state index contributed by atoms with van der Waals surface area (Å²) >= 11 is 0. The molecule has 0 amide bonds. The molecule has 9 heteroatoms. The standard InChI is InChI=1S/C21H20N6O3/c1-4-30-20(28)15-12-24-27(19(15)26-21-22-9-6-10-23-21)17-11-13(2)14-7-5-8-16(29-3)18(14)25-17/h5-12H,4H2,1-3H3,(H,22,23,26). The molecule has 4 aromatic rings. The smallest absolute Gasteiger partial charge is 0.343 e. The maximum atomic E-state index is 12.5. The number of esters is 1. The zero-order valence-electron chi connectivity index (χ0n) is 16.8. The summed E-state index contributed by atoms with van der Waals surface area (Å²) in [6.07, 6.45) is 4.64. The molecule has 4 rings (SSSR count). The molecular formula is C21H20N6O3. The van der Waals surface area contributed by atoms with Crippen molar-refractivity contribution in [2.45, 2.75) is 13.8 Å². The van der Waals surface area contributed by atoms with Crippen molar-refractivity contribution in [1.82, 2.24) is 24.7 Å². The third-order valence-electron chi connectivity index (χ3n) is 4.49. The molecule has 0 bridgehead atoms. The molecule has 0 atom stereocenters. The van der Waals surface area contributed by atoms with Gasteiger partial charge in [0.2, 0.25) is 5.95 Å². The predicted molar refractivity (Wildman–Crippen MR) is 111 cm³/mol. The van der Waals surface area contributed by atoms with Gasteiger partial charge in [-0.3, -0.25) is 0 Å². The van der Waals surface area contributed by atoms with E-state index in [1.54, 1.807) is 32.5 Å². The van der Waals surface area contributed by atoms with Gasteiger partial charge in [-0.1, -0.05) is 12.1 Å².